The van der Waals surface area contributed by atoms with Crippen LogP contribution in [0.5, 0.6) is 5.75 Å². The average Bonchev–Trinajstić information content (AvgIpc) is 2.68. The zero-order valence-corrected chi connectivity index (χ0v) is 15.5. The van der Waals surface area contributed by atoms with Gasteiger partial charge in [0.05, 0.1) is 0 Å². The largest absolute Gasteiger partial charge is 0.481 e. The maximum absolute atomic E-state index is 11.9. The van der Waals surface area contributed by atoms with E-state index >= 15 is 0 Å². The van der Waals surface area contributed by atoms with E-state index in [0.717, 1.165) is 16.3 Å². The van der Waals surface area contributed by atoms with Crippen molar-refractivity contribution in [3.63, 3.8) is 0 Å². The van der Waals surface area contributed by atoms with E-state index in [4.69, 9.17) is 21.1 Å². The van der Waals surface area contributed by atoms with Crippen molar-refractivity contribution in [2.45, 2.75) is 6.92 Å². The maximum atomic E-state index is 11.9. The van der Waals surface area contributed by atoms with E-state index in [1.807, 2.05) is 49.4 Å². The van der Waals surface area contributed by atoms with Crippen molar-refractivity contribution in [2.75, 3.05) is 18.5 Å². The minimum atomic E-state index is -0.631. The number of carbonyl (C=O) groups excluding carboxylic acids is 2. The number of ether oxygens (including phenoxy) is 2. The second kappa shape index (κ2) is 8.56. The molecule has 0 spiro atoms. The highest BCUT2D eigenvalue weighted by Gasteiger charge is 2.11. The quantitative estimate of drug-likeness (QED) is 0.642. The molecule has 0 heterocycles. The molecule has 3 rings (SSSR count). The van der Waals surface area contributed by atoms with E-state index < -0.39 is 11.9 Å². The van der Waals surface area contributed by atoms with Gasteiger partial charge in [-0.05, 0) is 30.7 Å². The minimum absolute atomic E-state index is 0.302. The molecule has 1 N–H and O–H groups in total. The minimum Gasteiger partial charge on any atom is -0.481 e. The topological polar surface area (TPSA) is 64.6 Å². The smallest absolute Gasteiger partial charge is 0.344 e. The highest BCUT2D eigenvalue weighted by molar-refractivity contribution is 6.35. The summed E-state index contributed by atoms with van der Waals surface area (Å²) in [6.07, 6.45) is 0. The molecule has 0 fully saturated rings. The van der Waals surface area contributed by atoms with E-state index in [1.165, 1.54) is 0 Å². The van der Waals surface area contributed by atoms with E-state index in [9.17, 15) is 9.59 Å². The lowest BCUT2D eigenvalue weighted by Gasteiger charge is -2.11. The van der Waals surface area contributed by atoms with Crippen molar-refractivity contribution >= 4 is 39.9 Å². The summed E-state index contributed by atoms with van der Waals surface area (Å²) in [5, 5.41) is 4.94. The van der Waals surface area contributed by atoms with Gasteiger partial charge in [0.15, 0.2) is 13.2 Å². The summed E-state index contributed by atoms with van der Waals surface area (Å²) in [6, 6.07) is 18.2. The summed E-state index contributed by atoms with van der Waals surface area (Å²) in [4.78, 5) is 23.8. The van der Waals surface area contributed by atoms with Crippen molar-refractivity contribution < 1.29 is 19.1 Å². The van der Waals surface area contributed by atoms with E-state index in [1.54, 1.807) is 18.2 Å². The van der Waals surface area contributed by atoms with Gasteiger partial charge in [0.2, 0.25) is 0 Å². The number of amides is 1. The van der Waals surface area contributed by atoms with Gasteiger partial charge >= 0.3 is 5.97 Å². The molecule has 0 aliphatic rings. The van der Waals surface area contributed by atoms with Gasteiger partial charge in [-0.1, -0.05) is 54.1 Å². The fraction of sp³-hybridized carbons (Fsp3) is 0.143. The van der Waals surface area contributed by atoms with E-state index in [0.29, 0.717) is 16.5 Å². The van der Waals surface area contributed by atoms with Crippen molar-refractivity contribution in [1.29, 1.82) is 0 Å². The third kappa shape index (κ3) is 4.77. The first-order valence-corrected chi connectivity index (χ1v) is 8.73. The van der Waals surface area contributed by atoms with Crippen molar-refractivity contribution in [2.24, 2.45) is 0 Å². The van der Waals surface area contributed by atoms with Crippen molar-refractivity contribution in [1.82, 2.24) is 0 Å². The van der Waals surface area contributed by atoms with Gasteiger partial charge in [-0.3, -0.25) is 4.79 Å². The van der Waals surface area contributed by atoms with Crippen LogP contribution in [0.25, 0.3) is 10.8 Å². The molecule has 5 nitrogen and oxygen atoms in total. The molecule has 1 amide bonds. The Morgan fingerprint density at radius 3 is 2.41 bits per heavy atom. The average molecular weight is 384 g/mol. The molecule has 0 atom stereocenters. The first-order valence-electron chi connectivity index (χ1n) is 8.36. The molecule has 3 aromatic rings. The third-order valence-corrected chi connectivity index (χ3v) is 4.29. The van der Waals surface area contributed by atoms with Crippen LogP contribution in [0.15, 0.2) is 60.7 Å². The maximum Gasteiger partial charge on any atom is 0.344 e. The molecule has 0 aliphatic heterocycles. The summed E-state index contributed by atoms with van der Waals surface area (Å²) in [5.74, 6) is -0.514. The zero-order chi connectivity index (χ0) is 19.2. The summed E-state index contributed by atoms with van der Waals surface area (Å²) in [6.45, 7) is 1.20. The van der Waals surface area contributed by atoms with Crippen molar-refractivity contribution in [3.8, 4) is 5.75 Å². The highest BCUT2D eigenvalue weighted by Crippen LogP contribution is 2.31. The third-order valence-electron chi connectivity index (χ3n) is 3.96. The van der Waals surface area contributed by atoms with Gasteiger partial charge < -0.3 is 14.8 Å². The molecular formula is C21H18ClNO4. The number of rotatable bonds is 6. The van der Waals surface area contributed by atoms with Crippen LogP contribution >= 0.6 is 11.6 Å². The van der Waals surface area contributed by atoms with Crippen LogP contribution in [0.3, 0.4) is 0 Å². The number of hydrogen-bond donors (Lipinski definition) is 1. The Labute approximate surface area is 161 Å². The number of anilines is 1. The molecule has 0 aromatic heterocycles. The van der Waals surface area contributed by atoms with Crippen LogP contribution in [0.1, 0.15) is 5.56 Å². The van der Waals surface area contributed by atoms with Gasteiger partial charge in [0, 0.05) is 21.5 Å². The molecule has 3 aromatic carbocycles. The lowest BCUT2D eigenvalue weighted by atomic mass is 10.1. The summed E-state index contributed by atoms with van der Waals surface area (Å²) in [7, 11) is 0. The summed E-state index contributed by atoms with van der Waals surface area (Å²) in [5.41, 5.74) is 1.61. The molecule has 0 saturated heterocycles. The molecule has 0 bridgehead atoms. The Morgan fingerprint density at radius 1 is 0.926 bits per heavy atom. The van der Waals surface area contributed by atoms with Crippen LogP contribution in [0, 0.1) is 6.92 Å². The predicted octanol–water partition coefficient (Wildman–Crippen LogP) is 4.36. The second-order valence-corrected chi connectivity index (χ2v) is 6.31. The SMILES string of the molecule is Cc1ccccc1NC(=O)COC(=O)COc1ccc(Cl)c2ccccc12. The van der Waals surface area contributed by atoms with Gasteiger partial charge in [-0.15, -0.1) is 0 Å². The highest BCUT2D eigenvalue weighted by atomic mass is 35.5. The van der Waals surface area contributed by atoms with Crippen LogP contribution in [0.4, 0.5) is 5.69 Å². The molecule has 0 saturated carbocycles. The number of carbonyl (C=O) groups is 2. The number of aryl methyl sites for hydroxylation is 1. The van der Waals surface area contributed by atoms with Crippen LogP contribution in [0.2, 0.25) is 5.02 Å². The second-order valence-electron chi connectivity index (χ2n) is 5.90. The standard InChI is InChI=1S/C21H18ClNO4/c1-14-6-2-5-9-18(14)23-20(24)12-27-21(25)13-26-19-11-10-17(22)15-7-3-4-8-16(15)19/h2-11H,12-13H2,1H3,(H,23,24). The Hall–Kier alpha value is -3.05. The number of halogens is 1. The molecule has 0 aliphatic carbocycles. The molecule has 27 heavy (non-hydrogen) atoms. The lowest BCUT2D eigenvalue weighted by Crippen LogP contribution is -2.24. The fourth-order valence-corrected chi connectivity index (χ4v) is 2.81. The molecule has 6 heteroatoms. The molecular weight excluding hydrogens is 366 g/mol. The lowest BCUT2D eigenvalue weighted by molar-refractivity contribution is -0.149. The Morgan fingerprint density at radius 2 is 1.63 bits per heavy atom. The van der Waals surface area contributed by atoms with E-state index in [-0.39, 0.29) is 13.2 Å². The number of benzene rings is 3. The van der Waals surface area contributed by atoms with E-state index in [2.05, 4.69) is 5.32 Å². The zero-order valence-electron chi connectivity index (χ0n) is 14.7. The van der Waals surface area contributed by atoms with Gasteiger partial charge in [-0.2, -0.15) is 0 Å². The Balaban J connectivity index is 1.53. The predicted molar refractivity (Wildman–Crippen MR) is 105 cm³/mol. The van der Waals surface area contributed by atoms with Crippen LogP contribution in [-0.4, -0.2) is 25.1 Å². The number of hydrogen-bond acceptors (Lipinski definition) is 4. The number of fused-ring (bicyclic) bond motifs is 1. The molecule has 0 radical (unpaired) electrons. The van der Waals surface area contributed by atoms with Gasteiger partial charge in [0.1, 0.15) is 5.75 Å². The monoisotopic (exact) mass is 383 g/mol. The Bertz CT molecular complexity index is 987. The first kappa shape index (κ1) is 18.7. The number of para-hydroxylation sites is 1. The Kier molecular flexibility index (Phi) is 5.94. The normalized spacial score (nSPS) is 10.4. The van der Waals surface area contributed by atoms with Crippen LogP contribution < -0.4 is 10.1 Å². The fourth-order valence-electron chi connectivity index (χ4n) is 2.58. The number of nitrogens with one attached hydrogen (secondary N) is 1. The number of esters is 1. The molecule has 138 valence electrons. The van der Waals surface area contributed by atoms with Gasteiger partial charge in [-0.25, -0.2) is 4.79 Å². The van der Waals surface area contributed by atoms with Crippen LogP contribution in [-0.2, 0) is 14.3 Å². The van der Waals surface area contributed by atoms with Gasteiger partial charge in [0.25, 0.3) is 5.91 Å². The summed E-state index contributed by atoms with van der Waals surface area (Å²) < 4.78 is 10.5. The molecule has 0 unspecified atom stereocenters. The summed E-state index contributed by atoms with van der Waals surface area (Å²) >= 11 is 6.16. The first-order chi connectivity index (χ1) is 13.0. The van der Waals surface area contributed by atoms with Crippen molar-refractivity contribution in [3.05, 3.63) is 71.2 Å².